The first-order chi connectivity index (χ1) is 7.16. The molecule has 5 heteroatoms. The van der Waals surface area contributed by atoms with E-state index in [0.29, 0.717) is 6.54 Å². The second-order valence-corrected chi connectivity index (χ2v) is 4.43. The number of unbranched alkanes of at least 4 members (excludes halogenated alkanes) is 1. The van der Waals surface area contributed by atoms with E-state index >= 15 is 0 Å². The van der Waals surface area contributed by atoms with Gasteiger partial charge in [0.1, 0.15) is 0 Å². The first-order valence-electron chi connectivity index (χ1n) is 5.23. The second kappa shape index (κ2) is 9.83. The third-order valence-corrected chi connectivity index (χ3v) is 2.85. The molecule has 0 aliphatic heterocycles. The summed E-state index contributed by atoms with van der Waals surface area (Å²) >= 11 is 1.81. The molecule has 0 heterocycles. The molecule has 0 fully saturated rings. The van der Waals surface area contributed by atoms with Gasteiger partial charge in [0.15, 0.2) is 0 Å². The predicted molar refractivity (Wildman–Crippen MR) is 62.1 cm³/mol. The molecular formula is C10H19NO3S. The van der Waals surface area contributed by atoms with Crippen molar-refractivity contribution in [3.63, 3.8) is 0 Å². The number of carboxylic acids is 1. The number of carboxylic acid groups (broad SMARTS) is 1. The smallest absolute Gasteiger partial charge is 0.303 e. The summed E-state index contributed by atoms with van der Waals surface area (Å²) in [5.74, 6) is 0.927. The lowest BCUT2D eigenvalue weighted by molar-refractivity contribution is -0.138. The van der Waals surface area contributed by atoms with Gasteiger partial charge in [-0.05, 0) is 12.2 Å². The molecule has 2 N–H and O–H groups in total. The van der Waals surface area contributed by atoms with E-state index in [4.69, 9.17) is 5.11 Å². The molecule has 0 radical (unpaired) electrons. The van der Waals surface area contributed by atoms with Crippen molar-refractivity contribution in [2.75, 3.05) is 18.1 Å². The fraction of sp³-hybridized carbons (Fsp3) is 0.800. The molecule has 0 rings (SSSR count). The average Bonchev–Trinajstić information content (AvgIpc) is 2.20. The van der Waals surface area contributed by atoms with E-state index in [2.05, 4.69) is 12.2 Å². The number of nitrogens with one attached hydrogen (secondary N) is 1. The van der Waals surface area contributed by atoms with Gasteiger partial charge in [-0.1, -0.05) is 13.3 Å². The summed E-state index contributed by atoms with van der Waals surface area (Å²) < 4.78 is 0. The number of hydrogen-bond donors (Lipinski definition) is 2. The largest absolute Gasteiger partial charge is 0.481 e. The monoisotopic (exact) mass is 233 g/mol. The highest BCUT2D eigenvalue weighted by Gasteiger charge is 2.03. The molecule has 0 aliphatic rings. The van der Waals surface area contributed by atoms with Gasteiger partial charge in [-0.15, -0.1) is 0 Å². The van der Waals surface area contributed by atoms with Crippen molar-refractivity contribution < 1.29 is 14.7 Å². The van der Waals surface area contributed by atoms with Crippen molar-refractivity contribution in [1.82, 2.24) is 5.32 Å². The van der Waals surface area contributed by atoms with E-state index in [0.717, 1.165) is 11.5 Å². The number of aliphatic carboxylic acids is 1. The highest BCUT2D eigenvalue weighted by molar-refractivity contribution is 7.99. The quantitative estimate of drug-likeness (QED) is 0.592. The van der Waals surface area contributed by atoms with Gasteiger partial charge in [-0.25, -0.2) is 0 Å². The maximum atomic E-state index is 11.1. The molecule has 0 saturated carbocycles. The highest BCUT2D eigenvalue weighted by Crippen LogP contribution is 2.02. The average molecular weight is 233 g/mol. The van der Waals surface area contributed by atoms with Gasteiger partial charge in [0.05, 0.1) is 6.42 Å². The second-order valence-electron chi connectivity index (χ2n) is 3.21. The van der Waals surface area contributed by atoms with Crippen molar-refractivity contribution in [2.45, 2.75) is 32.6 Å². The van der Waals surface area contributed by atoms with E-state index < -0.39 is 5.97 Å². The summed E-state index contributed by atoms with van der Waals surface area (Å²) in [6.45, 7) is 2.78. The van der Waals surface area contributed by atoms with Crippen LogP contribution in [-0.2, 0) is 9.59 Å². The molecule has 1 amide bonds. The van der Waals surface area contributed by atoms with Crippen LogP contribution < -0.4 is 5.32 Å². The van der Waals surface area contributed by atoms with Crippen LogP contribution in [0.15, 0.2) is 0 Å². The lowest BCUT2D eigenvalue weighted by Crippen LogP contribution is -2.26. The molecule has 0 aromatic carbocycles. The molecule has 0 saturated heterocycles. The number of hydrogen-bond acceptors (Lipinski definition) is 3. The summed E-state index contributed by atoms with van der Waals surface area (Å²) in [5.41, 5.74) is 0. The zero-order chi connectivity index (χ0) is 11.5. The van der Waals surface area contributed by atoms with Gasteiger partial charge in [0.25, 0.3) is 0 Å². The zero-order valence-corrected chi connectivity index (χ0v) is 9.94. The summed E-state index contributed by atoms with van der Waals surface area (Å²) in [6.07, 6.45) is 2.39. The van der Waals surface area contributed by atoms with Gasteiger partial charge >= 0.3 is 5.97 Å². The molecule has 0 aromatic heterocycles. The van der Waals surface area contributed by atoms with E-state index in [9.17, 15) is 9.59 Å². The number of amides is 1. The SMILES string of the molecule is CCCCSCCNC(=O)CCC(=O)O. The Hall–Kier alpha value is -0.710. The Morgan fingerprint density at radius 1 is 1.27 bits per heavy atom. The standard InChI is InChI=1S/C10H19NO3S/c1-2-3-7-15-8-6-11-9(12)4-5-10(13)14/h2-8H2,1H3,(H,11,12)(H,13,14). The van der Waals surface area contributed by atoms with Crippen molar-refractivity contribution in [3.05, 3.63) is 0 Å². The van der Waals surface area contributed by atoms with Crippen molar-refractivity contribution in [2.24, 2.45) is 0 Å². The molecular weight excluding hydrogens is 214 g/mol. The molecule has 4 nitrogen and oxygen atoms in total. The Bertz CT molecular complexity index is 197. The number of thioether (sulfide) groups is 1. The first-order valence-corrected chi connectivity index (χ1v) is 6.38. The lowest BCUT2D eigenvalue weighted by Gasteiger charge is -2.03. The maximum Gasteiger partial charge on any atom is 0.303 e. The molecule has 0 aliphatic carbocycles. The molecule has 88 valence electrons. The topological polar surface area (TPSA) is 66.4 Å². The Labute approximate surface area is 94.8 Å². The van der Waals surface area contributed by atoms with E-state index in [-0.39, 0.29) is 18.7 Å². The van der Waals surface area contributed by atoms with Crippen LogP contribution >= 0.6 is 11.8 Å². The third kappa shape index (κ3) is 11.2. The fourth-order valence-electron chi connectivity index (χ4n) is 0.920. The molecule has 0 bridgehead atoms. The predicted octanol–water partition coefficient (Wildman–Crippen LogP) is 1.50. The summed E-state index contributed by atoms with van der Waals surface area (Å²) in [6, 6.07) is 0. The number of rotatable bonds is 9. The Morgan fingerprint density at radius 3 is 2.60 bits per heavy atom. The van der Waals surface area contributed by atoms with Crippen molar-refractivity contribution in [3.8, 4) is 0 Å². The molecule has 0 spiro atoms. The van der Waals surface area contributed by atoms with Gasteiger partial charge in [0.2, 0.25) is 5.91 Å². The number of carbonyl (C=O) groups is 2. The van der Waals surface area contributed by atoms with E-state index in [1.165, 1.54) is 12.8 Å². The lowest BCUT2D eigenvalue weighted by atomic mass is 10.3. The van der Waals surface area contributed by atoms with Crippen LogP contribution in [-0.4, -0.2) is 35.0 Å². The first kappa shape index (κ1) is 14.3. The summed E-state index contributed by atoms with van der Waals surface area (Å²) in [4.78, 5) is 21.2. The van der Waals surface area contributed by atoms with Gasteiger partial charge in [0, 0.05) is 18.7 Å². The minimum absolute atomic E-state index is 0.0783. The van der Waals surface area contributed by atoms with Crippen LogP contribution in [0.4, 0.5) is 0 Å². The van der Waals surface area contributed by atoms with E-state index in [1.54, 1.807) is 0 Å². The van der Waals surface area contributed by atoms with Crippen molar-refractivity contribution >= 4 is 23.6 Å². The van der Waals surface area contributed by atoms with Crippen LogP contribution in [0, 0.1) is 0 Å². The number of carbonyl (C=O) groups excluding carboxylic acids is 1. The van der Waals surface area contributed by atoms with Crippen LogP contribution in [0.25, 0.3) is 0 Å². The summed E-state index contributed by atoms with van der Waals surface area (Å²) in [5, 5.41) is 11.0. The maximum absolute atomic E-state index is 11.1. The highest BCUT2D eigenvalue weighted by atomic mass is 32.2. The third-order valence-electron chi connectivity index (χ3n) is 1.78. The Morgan fingerprint density at radius 2 is 2.00 bits per heavy atom. The van der Waals surface area contributed by atoms with Gasteiger partial charge < -0.3 is 10.4 Å². The Kier molecular flexibility index (Phi) is 9.36. The van der Waals surface area contributed by atoms with Crippen LogP contribution in [0.2, 0.25) is 0 Å². The van der Waals surface area contributed by atoms with Crippen molar-refractivity contribution in [1.29, 1.82) is 0 Å². The Balaban J connectivity index is 3.20. The van der Waals surface area contributed by atoms with Crippen LogP contribution in [0.3, 0.4) is 0 Å². The fourth-order valence-corrected chi connectivity index (χ4v) is 1.86. The normalized spacial score (nSPS) is 9.93. The van der Waals surface area contributed by atoms with Gasteiger partial charge in [-0.2, -0.15) is 11.8 Å². The van der Waals surface area contributed by atoms with Crippen LogP contribution in [0.5, 0.6) is 0 Å². The molecule has 0 aromatic rings. The molecule has 0 unspecified atom stereocenters. The minimum Gasteiger partial charge on any atom is -0.481 e. The molecule has 0 atom stereocenters. The zero-order valence-electron chi connectivity index (χ0n) is 9.12. The minimum atomic E-state index is -0.928. The summed E-state index contributed by atoms with van der Waals surface area (Å²) in [7, 11) is 0. The van der Waals surface area contributed by atoms with Crippen LogP contribution in [0.1, 0.15) is 32.6 Å². The van der Waals surface area contributed by atoms with E-state index in [1.807, 2.05) is 11.8 Å². The molecule has 15 heavy (non-hydrogen) atoms. The van der Waals surface area contributed by atoms with Gasteiger partial charge in [-0.3, -0.25) is 9.59 Å².